The Morgan fingerprint density at radius 3 is 2.52 bits per heavy atom. The summed E-state index contributed by atoms with van der Waals surface area (Å²) in [4.78, 5) is 14.6. The fourth-order valence-corrected chi connectivity index (χ4v) is 3.15. The molecule has 2 aromatic rings. The number of hydrogen-bond acceptors (Lipinski definition) is 3. The summed E-state index contributed by atoms with van der Waals surface area (Å²) in [5.41, 5.74) is 2.16. The number of nitrogens with one attached hydrogen (secondary N) is 1. The molecule has 1 heterocycles. The van der Waals surface area contributed by atoms with E-state index in [1.807, 2.05) is 24.3 Å². The molecular weight excluding hydrogens is 350 g/mol. The van der Waals surface area contributed by atoms with Crippen LogP contribution in [0.25, 0.3) is 6.08 Å². The summed E-state index contributed by atoms with van der Waals surface area (Å²) in [5, 5.41) is 2.88. The fraction of sp³-hybridized carbons (Fsp3) is 0.286. The molecule has 0 aliphatic carbocycles. The van der Waals surface area contributed by atoms with E-state index >= 15 is 0 Å². The normalized spacial score (nSPS) is 14.6. The summed E-state index contributed by atoms with van der Waals surface area (Å²) >= 11 is 0. The van der Waals surface area contributed by atoms with Crippen LogP contribution in [-0.4, -0.2) is 25.6 Å². The van der Waals surface area contributed by atoms with Crippen LogP contribution in [0.1, 0.15) is 24.8 Å². The SMILES string of the molecule is O=C(/C=C/c1ccccc1OC(F)F)Nc1ccccc1N1CCCCC1. The zero-order valence-electron chi connectivity index (χ0n) is 14.9. The second-order valence-corrected chi connectivity index (χ2v) is 6.30. The van der Waals surface area contributed by atoms with E-state index in [0.29, 0.717) is 5.56 Å². The Hall–Kier alpha value is -2.89. The molecule has 142 valence electrons. The van der Waals surface area contributed by atoms with Gasteiger partial charge in [0.2, 0.25) is 5.91 Å². The molecule has 0 spiro atoms. The molecule has 0 atom stereocenters. The number of hydrogen-bond donors (Lipinski definition) is 1. The Bertz CT molecular complexity index is 802. The summed E-state index contributed by atoms with van der Waals surface area (Å²) in [6.45, 7) is -0.966. The predicted octanol–water partition coefficient (Wildman–Crippen LogP) is 4.93. The van der Waals surface area contributed by atoms with Crippen LogP contribution in [0.2, 0.25) is 0 Å². The van der Waals surface area contributed by atoms with E-state index < -0.39 is 6.61 Å². The fourth-order valence-electron chi connectivity index (χ4n) is 3.15. The maximum atomic E-state index is 12.5. The first-order valence-corrected chi connectivity index (χ1v) is 9.00. The molecule has 0 aromatic heterocycles. The highest BCUT2D eigenvalue weighted by Crippen LogP contribution is 2.28. The number of carbonyl (C=O) groups is 1. The van der Waals surface area contributed by atoms with Crippen LogP contribution in [0, 0.1) is 0 Å². The van der Waals surface area contributed by atoms with Gasteiger partial charge in [-0.2, -0.15) is 8.78 Å². The average Bonchev–Trinajstić information content (AvgIpc) is 2.68. The second kappa shape index (κ2) is 9.16. The van der Waals surface area contributed by atoms with E-state index in [1.165, 1.54) is 24.6 Å². The third-order valence-corrected chi connectivity index (χ3v) is 4.41. The summed E-state index contributed by atoms with van der Waals surface area (Å²) in [7, 11) is 0. The molecule has 2 aromatic carbocycles. The maximum Gasteiger partial charge on any atom is 0.387 e. The number of para-hydroxylation sites is 3. The minimum Gasteiger partial charge on any atom is -0.434 e. The smallest absolute Gasteiger partial charge is 0.387 e. The van der Waals surface area contributed by atoms with Gasteiger partial charge in [0.25, 0.3) is 0 Å². The largest absolute Gasteiger partial charge is 0.434 e. The predicted molar refractivity (Wildman–Crippen MR) is 103 cm³/mol. The lowest BCUT2D eigenvalue weighted by molar-refractivity contribution is -0.111. The molecule has 0 bridgehead atoms. The van der Waals surface area contributed by atoms with Gasteiger partial charge in [0.1, 0.15) is 5.75 Å². The number of halogens is 2. The Kier molecular flexibility index (Phi) is 6.41. The molecule has 1 fully saturated rings. The van der Waals surface area contributed by atoms with Crippen molar-refractivity contribution in [3.05, 3.63) is 60.2 Å². The number of benzene rings is 2. The summed E-state index contributed by atoms with van der Waals surface area (Å²) in [6.07, 6.45) is 6.30. The third-order valence-electron chi connectivity index (χ3n) is 4.41. The summed E-state index contributed by atoms with van der Waals surface area (Å²) in [5.74, 6) is -0.295. The topological polar surface area (TPSA) is 41.6 Å². The van der Waals surface area contributed by atoms with E-state index in [-0.39, 0.29) is 11.7 Å². The lowest BCUT2D eigenvalue weighted by Gasteiger charge is -2.30. The van der Waals surface area contributed by atoms with Crippen molar-refractivity contribution in [3.8, 4) is 5.75 Å². The number of carbonyl (C=O) groups excluding carboxylic acids is 1. The van der Waals surface area contributed by atoms with Gasteiger partial charge < -0.3 is 15.0 Å². The maximum absolute atomic E-state index is 12.5. The highest BCUT2D eigenvalue weighted by atomic mass is 19.3. The van der Waals surface area contributed by atoms with Crippen LogP contribution in [0.4, 0.5) is 20.2 Å². The minimum absolute atomic E-state index is 0.0327. The molecule has 1 aliphatic heterocycles. The van der Waals surface area contributed by atoms with Crippen molar-refractivity contribution in [2.24, 2.45) is 0 Å². The number of amides is 1. The number of piperidine rings is 1. The minimum atomic E-state index is -2.91. The van der Waals surface area contributed by atoms with Crippen molar-refractivity contribution in [1.29, 1.82) is 0 Å². The first kappa shape index (κ1) is 18.9. The second-order valence-electron chi connectivity index (χ2n) is 6.30. The lowest BCUT2D eigenvalue weighted by atomic mass is 10.1. The van der Waals surface area contributed by atoms with Gasteiger partial charge >= 0.3 is 6.61 Å². The van der Waals surface area contributed by atoms with E-state index in [1.54, 1.807) is 18.2 Å². The molecule has 0 saturated carbocycles. The monoisotopic (exact) mass is 372 g/mol. The van der Waals surface area contributed by atoms with Crippen LogP contribution in [-0.2, 0) is 4.79 Å². The highest BCUT2D eigenvalue weighted by Gasteiger charge is 2.15. The number of anilines is 2. The lowest BCUT2D eigenvalue weighted by Crippen LogP contribution is -2.30. The Labute approximate surface area is 157 Å². The number of ether oxygens (including phenoxy) is 1. The number of nitrogens with zero attached hydrogens (tertiary/aromatic N) is 1. The van der Waals surface area contributed by atoms with Crippen molar-refractivity contribution in [3.63, 3.8) is 0 Å². The van der Waals surface area contributed by atoms with Gasteiger partial charge in [-0.25, -0.2) is 0 Å². The van der Waals surface area contributed by atoms with Gasteiger partial charge in [0.05, 0.1) is 11.4 Å². The van der Waals surface area contributed by atoms with Crippen molar-refractivity contribution >= 4 is 23.4 Å². The molecule has 27 heavy (non-hydrogen) atoms. The van der Waals surface area contributed by atoms with Crippen molar-refractivity contribution < 1.29 is 18.3 Å². The molecule has 3 rings (SSSR count). The number of rotatable bonds is 6. The highest BCUT2D eigenvalue weighted by molar-refractivity contribution is 6.04. The third kappa shape index (κ3) is 5.29. The molecule has 1 amide bonds. The van der Waals surface area contributed by atoms with E-state index in [0.717, 1.165) is 37.3 Å². The van der Waals surface area contributed by atoms with Gasteiger partial charge in [0.15, 0.2) is 0 Å². The molecule has 1 aliphatic rings. The van der Waals surface area contributed by atoms with Gasteiger partial charge in [-0.05, 0) is 43.5 Å². The molecule has 6 heteroatoms. The summed E-state index contributed by atoms with van der Waals surface area (Å²) in [6, 6.07) is 14.0. The standard InChI is InChI=1S/C21H22F2N2O2/c22-21(23)27-19-11-5-2-8-16(19)12-13-20(26)24-17-9-3-4-10-18(17)25-14-6-1-7-15-25/h2-5,8-13,21H,1,6-7,14-15H2,(H,24,26)/b13-12+. The molecule has 0 unspecified atom stereocenters. The Morgan fingerprint density at radius 1 is 1.04 bits per heavy atom. The number of alkyl halides is 2. The van der Waals surface area contributed by atoms with Gasteiger partial charge in [-0.1, -0.05) is 30.3 Å². The summed E-state index contributed by atoms with van der Waals surface area (Å²) < 4.78 is 29.4. The van der Waals surface area contributed by atoms with Crippen molar-refractivity contribution in [2.75, 3.05) is 23.3 Å². The molecule has 0 radical (unpaired) electrons. The first-order chi connectivity index (χ1) is 13.1. The van der Waals surface area contributed by atoms with Crippen LogP contribution in [0.3, 0.4) is 0 Å². The van der Waals surface area contributed by atoms with Gasteiger partial charge in [-0.3, -0.25) is 4.79 Å². The van der Waals surface area contributed by atoms with Gasteiger partial charge in [-0.15, -0.1) is 0 Å². The van der Waals surface area contributed by atoms with Crippen LogP contribution in [0.15, 0.2) is 54.6 Å². The molecule has 4 nitrogen and oxygen atoms in total. The molecule has 1 saturated heterocycles. The average molecular weight is 372 g/mol. The van der Waals surface area contributed by atoms with Crippen LogP contribution < -0.4 is 15.0 Å². The van der Waals surface area contributed by atoms with E-state index in [9.17, 15) is 13.6 Å². The molecular formula is C21H22F2N2O2. The van der Waals surface area contributed by atoms with Gasteiger partial charge in [0, 0.05) is 24.7 Å². The Balaban J connectivity index is 1.71. The molecule has 1 N–H and O–H groups in total. The quantitative estimate of drug-likeness (QED) is 0.731. The zero-order chi connectivity index (χ0) is 19.1. The Morgan fingerprint density at radius 2 is 1.74 bits per heavy atom. The van der Waals surface area contributed by atoms with Crippen LogP contribution >= 0.6 is 0 Å². The van der Waals surface area contributed by atoms with Crippen LogP contribution in [0.5, 0.6) is 5.75 Å². The van der Waals surface area contributed by atoms with E-state index in [4.69, 9.17) is 0 Å². The first-order valence-electron chi connectivity index (χ1n) is 9.00. The van der Waals surface area contributed by atoms with E-state index in [2.05, 4.69) is 15.0 Å². The van der Waals surface area contributed by atoms with Crippen molar-refractivity contribution in [1.82, 2.24) is 0 Å². The van der Waals surface area contributed by atoms with Crippen molar-refractivity contribution in [2.45, 2.75) is 25.9 Å². The zero-order valence-corrected chi connectivity index (χ0v) is 14.9.